The van der Waals surface area contributed by atoms with Crippen molar-refractivity contribution in [2.45, 2.75) is 25.4 Å². The van der Waals surface area contributed by atoms with Crippen LogP contribution < -0.4 is 4.74 Å². The lowest BCUT2D eigenvalue weighted by Gasteiger charge is -2.31. The van der Waals surface area contributed by atoms with Crippen molar-refractivity contribution in [2.75, 3.05) is 26.7 Å². The second-order valence-electron chi connectivity index (χ2n) is 5.59. The summed E-state index contributed by atoms with van der Waals surface area (Å²) in [5.41, 5.74) is 0.502. The molecule has 4 nitrogen and oxygen atoms in total. The summed E-state index contributed by atoms with van der Waals surface area (Å²) >= 11 is 0. The highest BCUT2D eigenvalue weighted by molar-refractivity contribution is 5.42. The predicted molar refractivity (Wildman–Crippen MR) is 77.5 cm³/mol. The van der Waals surface area contributed by atoms with Crippen LogP contribution in [0.1, 0.15) is 24.8 Å². The van der Waals surface area contributed by atoms with E-state index in [9.17, 15) is 5.11 Å². The average Bonchev–Trinajstić information content (AvgIpc) is 2.41. The van der Waals surface area contributed by atoms with E-state index in [0.717, 1.165) is 12.5 Å². The molecule has 0 aliphatic heterocycles. The summed E-state index contributed by atoms with van der Waals surface area (Å²) in [7, 11) is 2.03. The van der Waals surface area contributed by atoms with Gasteiger partial charge in [-0.2, -0.15) is 5.26 Å². The molecule has 1 aromatic rings. The third kappa shape index (κ3) is 4.22. The molecule has 0 bridgehead atoms. The van der Waals surface area contributed by atoms with E-state index in [-0.39, 0.29) is 6.61 Å². The molecular formula is C16H22N2O2. The lowest BCUT2D eigenvalue weighted by molar-refractivity contribution is 0.0664. The van der Waals surface area contributed by atoms with Crippen LogP contribution in [0, 0.1) is 17.2 Å². The van der Waals surface area contributed by atoms with Crippen LogP contribution in [-0.4, -0.2) is 42.9 Å². The molecule has 0 radical (unpaired) electrons. The van der Waals surface area contributed by atoms with E-state index in [1.807, 2.05) is 13.1 Å². The van der Waals surface area contributed by atoms with Crippen molar-refractivity contribution in [3.05, 3.63) is 29.8 Å². The minimum Gasteiger partial charge on any atom is -0.489 e. The number of ether oxygens (including phenoxy) is 1. The highest BCUT2D eigenvalue weighted by Crippen LogP contribution is 2.26. The molecule has 1 unspecified atom stereocenters. The monoisotopic (exact) mass is 274 g/mol. The molecule has 0 saturated heterocycles. The quantitative estimate of drug-likeness (QED) is 0.826. The fourth-order valence-electron chi connectivity index (χ4n) is 2.47. The number of aliphatic hydroxyl groups is 1. The molecule has 1 atom stereocenters. The fraction of sp³-hybridized carbons (Fsp3) is 0.562. The molecule has 0 amide bonds. The van der Waals surface area contributed by atoms with E-state index in [2.05, 4.69) is 11.0 Å². The van der Waals surface area contributed by atoms with Crippen LogP contribution in [-0.2, 0) is 0 Å². The van der Waals surface area contributed by atoms with E-state index in [4.69, 9.17) is 10.00 Å². The lowest BCUT2D eigenvalue weighted by atomic mass is 9.85. The number of nitriles is 1. The number of aliphatic hydroxyl groups excluding tert-OH is 1. The third-order valence-electron chi connectivity index (χ3n) is 3.76. The van der Waals surface area contributed by atoms with Crippen molar-refractivity contribution in [1.82, 2.24) is 4.90 Å². The van der Waals surface area contributed by atoms with Gasteiger partial charge in [-0.25, -0.2) is 0 Å². The molecule has 0 spiro atoms. The summed E-state index contributed by atoms with van der Waals surface area (Å²) < 4.78 is 5.54. The molecule has 1 fully saturated rings. The van der Waals surface area contributed by atoms with E-state index < -0.39 is 6.10 Å². The Labute approximate surface area is 120 Å². The number of para-hydroxylation sites is 1. The van der Waals surface area contributed by atoms with Gasteiger partial charge in [0.25, 0.3) is 0 Å². The SMILES string of the molecule is CN(CC(O)COc1ccccc1C#N)CC1CCC1. The Hall–Kier alpha value is -1.57. The summed E-state index contributed by atoms with van der Waals surface area (Å²) in [6.07, 6.45) is 3.43. The number of hydrogen-bond acceptors (Lipinski definition) is 4. The number of hydrogen-bond donors (Lipinski definition) is 1. The van der Waals surface area contributed by atoms with Gasteiger partial charge in [0.2, 0.25) is 0 Å². The normalized spacial score (nSPS) is 16.5. The summed E-state index contributed by atoms with van der Waals surface area (Å²) in [5.74, 6) is 1.34. The number of rotatable bonds is 7. The van der Waals surface area contributed by atoms with Crippen molar-refractivity contribution in [2.24, 2.45) is 5.92 Å². The van der Waals surface area contributed by atoms with Crippen LogP contribution in [0.15, 0.2) is 24.3 Å². The first-order valence-corrected chi connectivity index (χ1v) is 7.17. The zero-order chi connectivity index (χ0) is 14.4. The predicted octanol–water partition coefficient (Wildman–Crippen LogP) is 2.03. The summed E-state index contributed by atoms with van der Waals surface area (Å²) in [6, 6.07) is 9.17. The van der Waals surface area contributed by atoms with E-state index in [0.29, 0.717) is 17.9 Å². The van der Waals surface area contributed by atoms with Gasteiger partial charge in [0.15, 0.2) is 0 Å². The molecule has 1 aliphatic carbocycles. The molecule has 4 heteroatoms. The van der Waals surface area contributed by atoms with Crippen LogP contribution in [0.4, 0.5) is 0 Å². The Kier molecular flexibility index (Phi) is 5.40. The first-order valence-electron chi connectivity index (χ1n) is 7.17. The number of nitrogens with zero attached hydrogens (tertiary/aromatic N) is 2. The minimum atomic E-state index is -0.535. The second kappa shape index (κ2) is 7.28. The molecule has 1 N–H and O–H groups in total. The Morgan fingerprint density at radius 2 is 2.20 bits per heavy atom. The van der Waals surface area contributed by atoms with Crippen LogP contribution in [0.25, 0.3) is 0 Å². The minimum absolute atomic E-state index is 0.216. The maximum Gasteiger partial charge on any atom is 0.137 e. The Bertz CT molecular complexity index is 466. The van der Waals surface area contributed by atoms with Crippen molar-refractivity contribution in [1.29, 1.82) is 5.26 Å². The van der Waals surface area contributed by atoms with Gasteiger partial charge in [-0.05, 0) is 37.9 Å². The van der Waals surface area contributed by atoms with Gasteiger partial charge < -0.3 is 14.7 Å². The Morgan fingerprint density at radius 3 is 2.85 bits per heavy atom. The highest BCUT2D eigenvalue weighted by atomic mass is 16.5. The van der Waals surface area contributed by atoms with Gasteiger partial charge in [-0.15, -0.1) is 0 Å². The Balaban J connectivity index is 1.74. The van der Waals surface area contributed by atoms with Gasteiger partial charge in [0.05, 0.1) is 5.56 Å². The first kappa shape index (κ1) is 14.8. The molecule has 2 rings (SSSR count). The van der Waals surface area contributed by atoms with E-state index >= 15 is 0 Å². The molecule has 1 aromatic carbocycles. The van der Waals surface area contributed by atoms with E-state index in [1.54, 1.807) is 18.2 Å². The molecule has 1 aliphatic rings. The van der Waals surface area contributed by atoms with Crippen LogP contribution >= 0.6 is 0 Å². The van der Waals surface area contributed by atoms with Crippen molar-refractivity contribution < 1.29 is 9.84 Å². The van der Waals surface area contributed by atoms with Crippen molar-refractivity contribution >= 4 is 0 Å². The topological polar surface area (TPSA) is 56.5 Å². The molecule has 0 heterocycles. The molecule has 108 valence electrons. The third-order valence-corrected chi connectivity index (χ3v) is 3.76. The highest BCUT2D eigenvalue weighted by Gasteiger charge is 2.20. The van der Waals surface area contributed by atoms with Gasteiger partial charge >= 0.3 is 0 Å². The molecule has 20 heavy (non-hydrogen) atoms. The zero-order valence-corrected chi connectivity index (χ0v) is 12.0. The largest absolute Gasteiger partial charge is 0.489 e. The first-order chi connectivity index (χ1) is 9.69. The maximum absolute atomic E-state index is 10.00. The zero-order valence-electron chi connectivity index (χ0n) is 12.0. The maximum atomic E-state index is 10.00. The van der Waals surface area contributed by atoms with Crippen LogP contribution in [0.3, 0.4) is 0 Å². The van der Waals surface area contributed by atoms with Crippen molar-refractivity contribution in [3.63, 3.8) is 0 Å². The fourth-order valence-corrected chi connectivity index (χ4v) is 2.47. The summed E-state index contributed by atoms with van der Waals surface area (Å²) in [6.45, 7) is 1.87. The molecule has 0 aromatic heterocycles. The Morgan fingerprint density at radius 1 is 1.45 bits per heavy atom. The summed E-state index contributed by atoms with van der Waals surface area (Å²) in [4.78, 5) is 2.16. The molecule has 1 saturated carbocycles. The summed E-state index contributed by atoms with van der Waals surface area (Å²) in [5, 5.41) is 19.0. The standard InChI is InChI=1S/C16H22N2O2/c1-18(10-13-5-4-6-13)11-15(19)12-20-16-8-3-2-7-14(16)9-17/h2-3,7-8,13,15,19H,4-6,10-12H2,1H3. The second-order valence-corrected chi connectivity index (χ2v) is 5.59. The van der Waals surface area contributed by atoms with Gasteiger partial charge in [-0.3, -0.25) is 0 Å². The van der Waals surface area contributed by atoms with Gasteiger partial charge in [0.1, 0.15) is 24.5 Å². The van der Waals surface area contributed by atoms with Crippen molar-refractivity contribution in [3.8, 4) is 11.8 Å². The number of benzene rings is 1. The average molecular weight is 274 g/mol. The lowest BCUT2D eigenvalue weighted by Crippen LogP contribution is -2.37. The number of likely N-dealkylation sites (N-methyl/N-ethyl adjacent to an activating group) is 1. The van der Waals surface area contributed by atoms with Crippen LogP contribution in [0.5, 0.6) is 5.75 Å². The van der Waals surface area contributed by atoms with E-state index in [1.165, 1.54) is 19.3 Å². The van der Waals surface area contributed by atoms with Gasteiger partial charge in [-0.1, -0.05) is 18.6 Å². The molecular weight excluding hydrogens is 252 g/mol. The van der Waals surface area contributed by atoms with Gasteiger partial charge in [0, 0.05) is 13.1 Å². The smallest absolute Gasteiger partial charge is 0.137 e. The van der Waals surface area contributed by atoms with Crippen LogP contribution in [0.2, 0.25) is 0 Å².